The van der Waals surface area contributed by atoms with Gasteiger partial charge in [0.05, 0.1) is 26.2 Å². The van der Waals surface area contributed by atoms with Gasteiger partial charge in [-0.25, -0.2) is 0 Å². The van der Waals surface area contributed by atoms with E-state index in [4.69, 9.17) is 15.0 Å². The molecule has 0 aromatic heterocycles. The van der Waals surface area contributed by atoms with Crippen molar-refractivity contribution >= 4 is 6.16 Å². The average Bonchev–Trinajstić information content (AvgIpc) is 2.53. The average molecular weight is 213 g/mol. The molecule has 0 aromatic rings. The summed E-state index contributed by atoms with van der Waals surface area (Å²) in [5.41, 5.74) is 0. The molecule has 0 bridgehead atoms. The highest BCUT2D eigenvalue weighted by Crippen LogP contribution is 2.18. The summed E-state index contributed by atoms with van der Waals surface area (Å²) in [4.78, 5) is 8.44. The van der Waals surface area contributed by atoms with E-state index in [1.54, 1.807) is 0 Å². The Morgan fingerprint density at radius 3 is 1.87 bits per heavy atom. The van der Waals surface area contributed by atoms with Gasteiger partial charge in [-0.2, -0.15) is 0 Å². The number of hydrogen-bond acceptors (Lipinski definition) is 2. The van der Waals surface area contributed by atoms with Gasteiger partial charge in [0.15, 0.2) is 0 Å². The Morgan fingerprint density at radius 2 is 1.60 bits per heavy atom. The van der Waals surface area contributed by atoms with Crippen molar-refractivity contribution in [2.75, 3.05) is 26.2 Å². The van der Waals surface area contributed by atoms with Crippen LogP contribution in [-0.2, 0) is 0 Å². The van der Waals surface area contributed by atoms with Crippen molar-refractivity contribution in [3.8, 4) is 0 Å². The molecule has 1 aliphatic rings. The summed E-state index contributed by atoms with van der Waals surface area (Å²) < 4.78 is 1.20. The molecule has 1 saturated heterocycles. The van der Waals surface area contributed by atoms with Gasteiger partial charge < -0.3 is 19.5 Å². The Kier molecular flexibility index (Phi) is 6.45. The minimum Gasteiger partial charge on any atom is -0.565 e. The topological polar surface area (TPSA) is 60.4 Å². The number of carboxylic acid groups (broad SMARTS) is 2. The Bertz CT molecular complexity index is 204. The highest BCUT2D eigenvalue weighted by atomic mass is 16.6. The van der Waals surface area contributed by atoms with Gasteiger partial charge in [0.1, 0.15) is 0 Å². The number of rotatable bonds is 4. The monoisotopic (exact) mass is 213 g/mol. The van der Waals surface area contributed by atoms with Gasteiger partial charge in [-0.15, -0.1) is 0 Å². The lowest BCUT2D eigenvalue weighted by Crippen LogP contribution is -2.45. The van der Waals surface area contributed by atoms with Gasteiger partial charge >= 0.3 is 0 Å². The van der Waals surface area contributed by atoms with Crippen LogP contribution < -0.4 is 5.11 Å². The number of quaternary nitrogens is 1. The number of carbonyl (C=O) groups is 1. The first-order chi connectivity index (χ1) is 7.06. The first kappa shape index (κ1) is 13.7. The van der Waals surface area contributed by atoms with Crippen LogP contribution in [0.1, 0.15) is 12.8 Å². The Balaban J connectivity index is 0.000000423. The van der Waals surface area contributed by atoms with Gasteiger partial charge in [0.2, 0.25) is 6.16 Å². The smallest absolute Gasteiger partial charge is 0.249 e. The van der Waals surface area contributed by atoms with Crippen molar-refractivity contribution in [2.24, 2.45) is 0 Å². The lowest BCUT2D eigenvalue weighted by atomic mass is 10.3. The van der Waals surface area contributed by atoms with Crippen LogP contribution in [0.4, 0.5) is 4.79 Å². The largest absolute Gasteiger partial charge is 0.565 e. The van der Waals surface area contributed by atoms with Gasteiger partial charge in [0, 0.05) is 12.8 Å². The van der Waals surface area contributed by atoms with E-state index < -0.39 is 6.16 Å². The maximum Gasteiger partial charge on any atom is 0.249 e. The molecule has 4 heteroatoms. The number of nitrogens with zero attached hydrogens (tertiary/aromatic N) is 1. The fraction of sp³-hybridized carbons (Fsp3) is 0.545. The first-order valence-corrected chi connectivity index (χ1v) is 5.03. The zero-order chi connectivity index (χ0) is 11.7. The zero-order valence-electron chi connectivity index (χ0n) is 9.02. The second-order valence-corrected chi connectivity index (χ2v) is 3.70. The molecule has 0 saturated carbocycles. The molecule has 0 unspecified atom stereocenters. The maximum atomic E-state index is 8.44. The lowest BCUT2D eigenvalue weighted by Gasteiger charge is -2.31. The van der Waals surface area contributed by atoms with Crippen LogP contribution in [0.5, 0.6) is 0 Å². The molecule has 0 amide bonds. The van der Waals surface area contributed by atoms with Crippen molar-refractivity contribution in [3.63, 3.8) is 0 Å². The van der Waals surface area contributed by atoms with Crippen LogP contribution in [0, 0.1) is 0 Å². The van der Waals surface area contributed by atoms with E-state index in [1.165, 1.54) is 30.4 Å². The Labute approximate surface area is 90.7 Å². The van der Waals surface area contributed by atoms with Crippen molar-refractivity contribution in [3.05, 3.63) is 25.3 Å². The highest BCUT2D eigenvalue weighted by Gasteiger charge is 2.28. The summed E-state index contributed by atoms with van der Waals surface area (Å²) >= 11 is 0. The molecule has 1 fully saturated rings. The second kappa shape index (κ2) is 7.06. The van der Waals surface area contributed by atoms with Crippen molar-refractivity contribution in [1.29, 1.82) is 0 Å². The zero-order valence-corrected chi connectivity index (χ0v) is 9.02. The van der Waals surface area contributed by atoms with Gasteiger partial charge in [-0.05, 0) is 12.2 Å². The third-order valence-corrected chi connectivity index (χ3v) is 2.55. The van der Waals surface area contributed by atoms with Gasteiger partial charge in [-0.3, -0.25) is 0 Å². The SMILES string of the molecule is C=CC[N+]1(CC=C)CCCC1.O=C([O-])O. The fourth-order valence-corrected chi connectivity index (χ4v) is 1.99. The molecule has 1 rings (SSSR count). The minimum absolute atomic E-state index is 1.12. The number of hydrogen-bond donors (Lipinski definition) is 1. The quantitative estimate of drug-likeness (QED) is 0.556. The van der Waals surface area contributed by atoms with E-state index in [-0.39, 0.29) is 0 Å². The fourth-order valence-electron chi connectivity index (χ4n) is 1.99. The number of likely N-dealkylation sites (tertiary alicyclic amines) is 1. The normalized spacial score (nSPS) is 17.3. The molecule has 1 aliphatic heterocycles. The maximum absolute atomic E-state index is 8.44. The van der Waals surface area contributed by atoms with Gasteiger partial charge in [-0.1, -0.05) is 13.2 Å². The second-order valence-electron chi connectivity index (χ2n) is 3.70. The molecular weight excluding hydrogens is 194 g/mol. The van der Waals surface area contributed by atoms with Crippen LogP contribution in [0.3, 0.4) is 0 Å². The van der Waals surface area contributed by atoms with Crippen LogP contribution in [0.2, 0.25) is 0 Å². The van der Waals surface area contributed by atoms with Crippen molar-refractivity contribution in [2.45, 2.75) is 12.8 Å². The van der Waals surface area contributed by atoms with Crippen LogP contribution in [0.25, 0.3) is 0 Å². The molecule has 0 aromatic carbocycles. The summed E-state index contributed by atoms with van der Waals surface area (Å²) in [6, 6.07) is 0. The van der Waals surface area contributed by atoms with Crippen LogP contribution in [-0.4, -0.2) is 41.9 Å². The molecule has 0 spiro atoms. The van der Waals surface area contributed by atoms with Crippen LogP contribution in [0.15, 0.2) is 25.3 Å². The molecule has 4 nitrogen and oxygen atoms in total. The summed E-state index contributed by atoms with van der Waals surface area (Å²) in [5.74, 6) is 0. The van der Waals surface area contributed by atoms with E-state index in [1.807, 2.05) is 12.2 Å². The first-order valence-electron chi connectivity index (χ1n) is 5.03. The van der Waals surface area contributed by atoms with E-state index in [2.05, 4.69) is 13.2 Å². The standard InChI is InChI=1S/C10H18N.CH2O3/c1-3-7-11(8-4-2)9-5-6-10-11;2-1(3)4/h3-4H,1-2,5-10H2;(H2,2,3,4)/q+1;/p-1. The summed E-state index contributed by atoms with van der Waals surface area (Å²) in [6.45, 7) is 12.5. The summed E-state index contributed by atoms with van der Waals surface area (Å²) in [7, 11) is 0. The Hall–Kier alpha value is -1.29. The van der Waals surface area contributed by atoms with Gasteiger partial charge in [0.25, 0.3) is 0 Å². The van der Waals surface area contributed by atoms with E-state index in [0.29, 0.717) is 0 Å². The minimum atomic E-state index is -2.08. The van der Waals surface area contributed by atoms with E-state index in [9.17, 15) is 0 Å². The van der Waals surface area contributed by atoms with E-state index in [0.717, 1.165) is 13.1 Å². The summed E-state index contributed by atoms with van der Waals surface area (Å²) in [6.07, 6.45) is 4.74. The van der Waals surface area contributed by atoms with Crippen molar-refractivity contribution < 1.29 is 19.5 Å². The highest BCUT2D eigenvalue weighted by molar-refractivity contribution is 5.50. The molecule has 0 radical (unpaired) electrons. The molecular formula is C11H19NO3. The predicted octanol–water partition coefficient (Wildman–Crippen LogP) is 0.857. The summed E-state index contributed by atoms with van der Waals surface area (Å²) in [5, 5.41) is 15.3. The molecule has 15 heavy (non-hydrogen) atoms. The molecule has 1 N–H and O–H groups in total. The molecule has 0 aliphatic carbocycles. The molecule has 0 atom stereocenters. The predicted molar refractivity (Wildman–Crippen MR) is 57.4 cm³/mol. The third-order valence-electron chi connectivity index (χ3n) is 2.55. The molecule has 86 valence electrons. The lowest BCUT2D eigenvalue weighted by molar-refractivity contribution is -0.905. The Morgan fingerprint density at radius 1 is 1.27 bits per heavy atom. The van der Waals surface area contributed by atoms with Crippen molar-refractivity contribution in [1.82, 2.24) is 0 Å². The molecule has 1 heterocycles. The van der Waals surface area contributed by atoms with E-state index >= 15 is 0 Å². The third kappa shape index (κ3) is 5.91. The van der Waals surface area contributed by atoms with Crippen LogP contribution >= 0.6 is 0 Å².